The van der Waals surface area contributed by atoms with Crippen LogP contribution in [0.25, 0.3) is 0 Å². The Morgan fingerprint density at radius 2 is 1.65 bits per heavy atom. The van der Waals surface area contributed by atoms with Crippen LogP contribution in [-0.4, -0.2) is 25.1 Å². The van der Waals surface area contributed by atoms with Gasteiger partial charge < -0.3 is 9.53 Å². The van der Waals surface area contributed by atoms with Gasteiger partial charge >= 0.3 is 0 Å². The molecule has 0 aromatic carbocycles. The summed E-state index contributed by atoms with van der Waals surface area (Å²) in [6.45, 7) is 21.1. The van der Waals surface area contributed by atoms with Crippen LogP contribution in [0.2, 0.25) is 18.1 Å². The fourth-order valence-corrected chi connectivity index (χ4v) is 9.91. The summed E-state index contributed by atoms with van der Waals surface area (Å²) in [6, 6.07) is 0. The fraction of sp³-hybridized carbons (Fsp3) is 0.929. The molecule has 1 unspecified atom stereocenters. The quantitative estimate of drug-likeness (QED) is 0.353. The maximum Gasteiger partial charge on any atom is 0.192 e. The normalized spacial score (nSPS) is 47.9. The Morgan fingerprint density at radius 3 is 2.29 bits per heavy atom. The van der Waals surface area contributed by atoms with Crippen LogP contribution in [0.15, 0.2) is 12.7 Å². The van der Waals surface area contributed by atoms with Crippen LogP contribution in [0.1, 0.15) is 98.8 Å². The minimum absolute atomic E-state index is 0.286. The molecule has 0 aromatic heterocycles. The van der Waals surface area contributed by atoms with Crippen molar-refractivity contribution >= 4 is 8.32 Å². The molecule has 8 atom stereocenters. The molecule has 31 heavy (non-hydrogen) atoms. The van der Waals surface area contributed by atoms with Crippen LogP contribution in [0, 0.1) is 34.5 Å². The molecule has 0 saturated heterocycles. The van der Waals surface area contributed by atoms with Gasteiger partial charge in [-0.2, -0.15) is 0 Å². The van der Waals surface area contributed by atoms with Gasteiger partial charge in [0.15, 0.2) is 8.32 Å². The Morgan fingerprint density at radius 1 is 0.968 bits per heavy atom. The van der Waals surface area contributed by atoms with E-state index < -0.39 is 13.9 Å². The van der Waals surface area contributed by atoms with E-state index in [1.807, 2.05) is 6.08 Å². The molecule has 0 spiro atoms. The van der Waals surface area contributed by atoms with Crippen molar-refractivity contribution in [2.45, 2.75) is 129 Å². The van der Waals surface area contributed by atoms with Gasteiger partial charge in [-0.15, -0.1) is 6.58 Å². The van der Waals surface area contributed by atoms with E-state index in [-0.39, 0.29) is 5.04 Å². The number of fused-ring (bicyclic) bond motifs is 5. The summed E-state index contributed by atoms with van der Waals surface area (Å²) < 4.78 is 7.10. The lowest BCUT2D eigenvalue weighted by Crippen LogP contribution is -2.57. The van der Waals surface area contributed by atoms with Crippen LogP contribution in [0.3, 0.4) is 0 Å². The largest absolute Gasteiger partial charge is 0.413 e. The van der Waals surface area contributed by atoms with Gasteiger partial charge in [-0.25, -0.2) is 0 Å². The minimum atomic E-state index is -1.74. The molecule has 2 nitrogen and oxygen atoms in total. The van der Waals surface area contributed by atoms with Crippen molar-refractivity contribution in [2.75, 3.05) is 0 Å². The first-order valence-electron chi connectivity index (χ1n) is 13.3. The summed E-state index contributed by atoms with van der Waals surface area (Å²) in [5.41, 5.74) is 0.311. The maximum atomic E-state index is 11.1. The van der Waals surface area contributed by atoms with E-state index in [4.69, 9.17) is 4.43 Å². The molecule has 0 aromatic rings. The van der Waals surface area contributed by atoms with Crippen LogP contribution in [0.5, 0.6) is 0 Å². The lowest BCUT2D eigenvalue weighted by molar-refractivity contribution is -0.153. The van der Waals surface area contributed by atoms with Crippen molar-refractivity contribution in [3.63, 3.8) is 0 Å². The van der Waals surface area contributed by atoms with Crippen LogP contribution >= 0.6 is 0 Å². The van der Waals surface area contributed by atoms with Gasteiger partial charge in [0.2, 0.25) is 0 Å². The molecule has 0 bridgehead atoms. The van der Waals surface area contributed by atoms with Crippen molar-refractivity contribution in [3.05, 3.63) is 12.7 Å². The highest BCUT2D eigenvalue weighted by atomic mass is 28.4. The monoisotopic (exact) mass is 446 g/mol. The molecule has 4 aliphatic carbocycles. The molecule has 4 rings (SSSR count). The van der Waals surface area contributed by atoms with Gasteiger partial charge in [0, 0.05) is 0 Å². The van der Waals surface area contributed by atoms with E-state index in [0.717, 1.165) is 37.0 Å². The van der Waals surface area contributed by atoms with Gasteiger partial charge in [0.1, 0.15) is 0 Å². The van der Waals surface area contributed by atoms with Gasteiger partial charge in [0.25, 0.3) is 0 Å². The smallest absolute Gasteiger partial charge is 0.192 e. The molecule has 4 saturated carbocycles. The van der Waals surface area contributed by atoms with Crippen molar-refractivity contribution < 1.29 is 9.53 Å². The maximum absolute atomic E-state index is 11.1. The lowest BCUT2D eigenvalue weighted by Gasteiger charge is -2.62. The van der Waals surface area contributed by atoms with Crippen LogP contribution < -0.4 is 0 Å². The van der Waals surface area contributed by atoms with Gasteiger partial charge in [-0.3, -0.25) is 0 Å². The topological polar surface area (TPSA) is 29.5 Å². The molecule has 0 radical (unpaired) electrons. The lowest BCUT2D eigenvalue weighted by atomic mass is 9.44. The van der Waals surface area contributed by atoms with Crippen molar-refractivity contribution in [2.24, 2.45) is 34.5 Å². The average Bonchev–Trinajstić information content (AvgIpc) is 2.98. The zero-order chi connectivity index (χ0) is 22.9. The van der Waals surface area contributed by atoms with Gasteiger partial charge in [-0.05, 0) is 117 Å². The Balaban J connectivity index is 1.52. The summed E-state index contributed by atoms with van der Waals surface area (Å²) >= 11 is 0. The molecule has 0 amide bonds. The van der Waals surface area contributed by atoms with Crippen LogP contribution in [0.4, 0.5) is 0 Å². The summed E-state index contributed by atoms with van der Waals surface area (Å²) in [5, 5.41) is 11.4. The first kappa shape index (κ1) is 24.0. The number of hydrogen-bond acceptors (Lipinski definition) is 2. The summed E-state index contributed by atoms with van der Waals surface area (Å²) in [4.78, 5) is 0. The molecular weight excluding hydrogens is 396 g/mol. The summed E-state index contributed by atoms with van der Waals surface area (Å²) in [5.74, 6) is 3.26. The Labute approximate surface area is 193 Å². The summed E-state index contributed by atoms with van der Waals surface area (Å²) in [7, 11) is -1.74. The molecule has 178 valence electrons. The fourth-order valence-electron chi connectivity index (χ4n) is 8.45. The average molecular weight is 447 g/mol. The molecule has 3 heteroatoms. The Kier molecular flexibility index (Phi) is 5.97. The molecule has 0 aliphatic heterocycles. The predicted molar refractivity (Wildman–Crippen MR) is 134 cm³/mol. The first-order chi connectivity index (χ1) is 14.3. The van der Waals surface area contributed by atoms with E-state index in [2.05, 4.69) is 54.3 Å². The summed E-state index contributed by atoms with van der Waals surface area (Å²) in [6.07, 6.45) is 14.4. The van der Waals surface area contributed by atoms with Crippen molar-refractivity contribution in [3.8, 4) is 0 Å². The van der Waals surface area contributed by atoms with Crippen molar-refractivity contribution in [1.82, 2.24) is 0 Å². The van der Waals surface area contributed by atoms with E-state index in [1.54, 1.807) is 0 Å². The van der Waals surface area contributed by atoms with Crippen molar-refractivity contribution in [1.29, 1.82) is 0 Å². The second kappa shape index (κ2) is 7.70. The Bertz CT molecular complexity index is 696. The van der Waals surface area contributed by atoms with Gasteiger partial charge in [0.05, 0.1) is 11.7 Å². The molecular formula is C28H50O2Si. The molecule has 1 N–H and O–H groups in total. The Hall–Kier alpha value is -0.123. The highest BCUT2D eigenvalue weighted by Crippen LogP contribution is 2.67. The molecule has 0 heterocycles. The second-order valence-corrected chi connectivity index (χ2v) is 18.8. The van der Waals surface area contributed by atoms with E-state index in [0.29, 0.717) is 22.9 Å². The van der Waals surface area contributed by atoms with E-state index >= 15 is 0 Å². The second-order valence-electron chi connectivity index (χ2n) is 14.1. The molecule has 4 aliphatic rings. The predicted octanol–water partition coefficient (Wildman–Crippen LogP) is 7.73. The highest BCUT2D eigenvalue weighted by Gasteiger charge is 2.62. The standard InChI is InChI=1S/C28H50O2Si/c1-9-15-28(29)18-17-26(5)20(19-28)10-11-21-22-12-13-24(27(22,6)16-14-23(21)26)30-31(7,8)25(2,3)4/h9,20-24,29H,1,10-19H2,2-8H3/t20?,21-,22-,23-,24-,26-,27-,28-/m0/s1. The number of aliphatic hydroxyl groups is 1. The third-order valence-electron chi connectivity index (χ3n) is 11.5. The third kappa shape index (κ3) is 3.83. The zero-order valence-corrected chi connectivity index (χ0v) is 22.6. The number of rotatable bonds is 4. The zero-order valence-electron chi connectivity index (χ0n) is 21.6. The van der Waals surface area contributed by atoms with Gasteiger partial charge in [-0.1, -0.05) is 40.7 Å². The van der Waals surface area contributed by atoms with E-state index in [9.17, 15) is 5.11 Å². The number of hydrogen-bond donors (Lipinski definition) is 1. The third-order valence-corrected chi connectivity index (χ3v) is 16.0. The first-order valence-corrected chi connectivity index (χ1v) is 16.2. The SMILES string of the molecule is C=CC[C@]1(O)CC[C@@]2(C)C(CC[C@H]3[C@@H]4CC[C@H](O[Si](C)(C)C(C)(C)C)[C@@]4(C)CC[C@@H]32)C1. The van der Waals surface area contributed by atoms with Crippen LogP contribution in [-0.2, 0) is 4.43 Å². The molecule has 4 fully saturated rings. The van der Waals surface area contributed by atoms with E-state index in [1.165, 1.54) is 44.9 Å². The highest BCUT2D eigenvalue weighted by molar-refractivity contribution is 6.74. The minimum Gasteiger partial charge on any atom is -0.413 e.